The van der Waals surface area contributed by atoms with E-state index in [0.717, 1.165) is 0 Å². The van der Waals surface area contributed by atoms with E-state index in [9.17, 15) is 0 Å². The summed E-state index contributed by atoms with van der Waals surface area (Å²) in [5, 5.41) is 0. The van der Waals surface area contributed by atoms with Gasteiger partial charge in [-0.3, -0.25) is 0 Å². The molecule has 0 atom stereocenters. The lowest BCUT2D eigenvalue weighted by molar-refractivity contribution is 0.838. The molecule has 1 aromatic rings. The molecule has 0 unspecified atom stereocenters. The van der Waals surface area contributed by atoms with E-state index in [1.54, 1.807) is 12.4 Å². The molecule has 0 aliphatic carbocycles. The molecule has 110 valence electrons. The zero-order valence-electron chi connectivity index (χ0n) is 13.4. The van der Waals surface area contributed by atoms with E-state index in [0.29, 0.717) is 28.1 Å². The fourth-order valence-electron chi connectivity index (χ4n) is 3.07. The highest BCUT2D eigenvalue weighted by atomic mass is 28.3. The quantitative estimate of drug-likeness (QED) is 0.386. The van der Waals surface area contributed by atoms with Gasteiger partial charge in [0.15, 0.2) is 5.82 Å². The lowest BCUT2D eigenvalue weighted by Gasteiger charge is -2.38. The van der Waals surface area contributed by atoms with Crippen LogP contribution in [0.15, 0.2) is 12.4 Å². The van der Waals surface area contributed by atoms with Crippen LogP contribution in [0.2, 0.25) is 16.6 Å². The number of hydrogen-bond donors (Lipinski definition) is 2. The summed E-state index contributed by atoms with van der Waals surface area (Å²) < 4.78 is 0. The molecular formula is C15H26N4Si. The molecule has 0 saturated heterocycles. The lowest BCUT2D eigenvalue weighted by Crippen LogP contribution is -2.43. The standard InChI is InChI=1S/C15H26N4Si/c1-11(2)20(12(3)4,13(5)6)8-7-14-9-18-15(19-16)10-17-14/h9-13H,16H2,1-6H3,(H,18,19). The largest absolute Gasteiger partial charge is 0.307 e. The normalized spacial score (nSPS) is 11.7. The Morgan fingerprint density at radius 2 is 1.55 bits per heavy atom. The number of nitrogens with one attached hydrogen (secondary N) is 1. The van der Waals surface area contributed by atoms with Gasteiger partial charge in [-0.15, -0.1) is 5.54 Å². The van der Waals surface area contributed by atoms with Crippen LogP contribution < -0.4 is 11.3 Å². The number of nitrogens with two attached hydrogens (primary N) is 1. The third-order valence-corrected chi connectivity index (χ3v) is 10.4. The van der Waals surface area contributed by atoms with Crippen LogP contribution in [0.25, 0.3) is 0 Å². The van der Waals surface area contributed by atoms with Crippen LogP contribution in [0.4, 0.5) is 5.82 Å². The highest BCUT2D eigenvalue weighted by molar-refractivity contribution is 6.90. The van der Waals surface area contributed by atoms with Gasteiger partial charge in [-0.25, -0.2) is 15.8 Å². The maximum absolute atomic E-state index is 5.28. The van der Waals surface area contributed by atoms with Gasteiger partial charge in [0.2, 0.25) is 0 Å². The van der Waals surface area contributed by atoms with Gasteiger partial charge in [-0.2, -0.15) is 0 Å². The molecule has 0 aliphatic heterocycles. The summed E-state index contributed by atoms with van der Waals surface area (Å²) in [6, 6.07) is 0. The summed E-state index contributed by atoms with van der Waals surface area (Å²) in [4.78, 5) is 8.42. The summed E-state index contributed by atoms with van der Waals surface area (Å²) >= 11 is 0. The first-order chi connectivity index (χ1) is 9.34. The first-order valence-electron chi connectivity index (χ1n) is 7.16. The molecule has 0 aromatic carbocycles. The van der Waals surface area contributed by atoms with Gasteiger partial charge < -0.3 is 5.43 Å². The second kappa shape index (κ2) is 6.87. The molecule has 0 amide bonds. The topological polar surface area (TPSA) is 63.8 Å². The van der Waals surface area contributed by atoms with Crippen LogP contribution in [0.3, 0.4) is 0 Å². The molecule has 0 radical (unpaired) electrons. The Bertz CT molecular complexity index is 461. The Morgan fingerprint density at radius 1 is 1.00 bits per heavy atom. The predicted octanol–water partition coefficient (Wildman–Crippen LogP) is 3.33. The van der Waals surface area contributed by atoms with Crippen LogP contribution in [0.5, 0.6) is 0 Å². The van der Waals surface area contributed by atoms with Gasteiger partial charge in [0.05, 0.1) is 12.4 Å². The van der Waals surface area contributed by atoms with Crippen molar-refractivity contribution < 1.29 is 0 Å². The smallest absolute Gasteiger partial charge is 0.158 e. The SMILES string of the molecule is CC(C)[Si](C#Cc1cnc(NN)cn1)(C(C)C)C(C)C. The van der Waals surface area contributed by atoms with Gasteiger partial charge in [0.1, 0.15) is 13.8 Å². The Balaban J connectivity index is 3.16. The van der Waals surface area contributed by atoms with E-state index in [-0.39, 0.29) is 0 Å². The summed E-state index contributed by atoms with van der Waals surface area (Å²) in [7, 11) is -1.70. The van der Waals surface area contributed by atoms with Crippen LogP contribution >= 0.6 is 0 Å². The minimum atomic E-state index is -1.70. The van der Waals surface area contributed by atoms with E-state index in [4.69, 9.17) is 5.84 Å². The number of anilines is 1. The van der Waals surface area contributed by atoms with Crippen LogP contribution in [0.1, 0.15) is 47.2 Å². The Morgan fingerprint density at radius 3 is 1.90 bits per heavy atom. The Hall–Kier alpha value is -1.38. The highest BCUT2D eigenvalue weighted by Crippen LogP contribution is 2.40. The molecular weight excluding hydrogens is 264 g/mol. The van der Waals surface area contributed by atoms with Gasteiger partial charge >= 0.3 is 0 Å². The van der Waals surface area contributed by atoms with E-state index in [2.05, 4.69) is 68.4 Å². The Kier molecular flexibility index (Phi) is 5.72. The Labute approximate surface area is 123 Å². The molecule has 0 spiro atoms. The van der Waals surface area contributed by atoms with Crippen LogP contribution in [0, 0.1) is 11.5 Å². The molecule has 0 saturated carbocycles. The molecule has 5 heteroatoms. The van der Waals surface area contributed by atoms with Crippen molar-refractivity contribution in [1.82, 2.24) is 9.97 Å². The van der Waals surface area contributed by atoms with Crippen LogP contribution in [-0.4, -0.2) is 18.0 Å². The summed E-state index contributed by atoms with van der Waals surface area (Å²) in [6.45, 7) is 13.8. The van der Waals surface area contributed by atoms with E-state index < -0.39 is 8.07 Å². The molecule has 0 fully saturated rings. The van der Waals surface area contributed by atoms with E-state index in [1.807, 2.05) is 0 Å². The molecule has 3 N–H and O–H groups in total. The van der Waals surface area contributed by atoms with Gasteiger partial charge in [-0.1, -0.05) is 47.5 Å². The fraction of sp³-hybridized carbons (Fsp3) is 0.600. The third-order valence-electron chi connectivity index (χ3n) is 4.07. The van der Waals surface area contributed by atoms with Crippen LogP contribution in [-0.2, 0) is 0 Å². The monoisotopic (exact) mass is 290 g/mol. The second-order valence-corrected chi connectivity index (χ2v) is 11.7. The molecule has 0 aliphatic rings. The van der Waals surface area contributed by atoms with E-state index in [1.165, 1.54) is 0 Å². The number of rotatable bonds is 4. The first-order valence-corrected chi connectivity index (χ1v) is 9.39. The molecule has 1 aromatic heterocycles. The van der Waals surface area contributed by atoms with Gasteiger partial charge in [0, 0.05) is 0 Å². The predicted molar refractivity (Wildman–Crippen MR) is 87.8 cm³/mol. The molecule has 1 rings (SSSR count). The number of nitrogens with zero attached hydrogens (tertiary/aromatic N) is 2. The van der Waals surface area contributed by atoms with Crippen molar-refractivity contribution in [1.29, 1.82) is 0 Å². The van der Waals surface area contributed by atoms with Gasteiger partial charge in [0.25, 0.3) is 0 Å². The average molecular weight is 290 g/mol. The second-order valence-electron chi connectivity index (χ2n) is 6.08. The number of nitrogen functional groups attached to an aromatic ring is 1. The molecule has 0 bridgehead atoms. The third kappa shape index (κ3) is 3.38. The maximum atomic E-state index is 5.28. The highest BCUT2D eigenvalue weighted by Gasteiger charge is 2.41. The zero-order chi connectivity index (χ0) is 15.3. The first kappa shape index (κ1) is 16.7. The zero-order valence-corrected chi connectivity index (χ0v) is 14.4. The number of aromatic nitrogens is 2. The van der Waals surface area contributed by atoms with Crippen molar-refractivity contribution in [3.8, 4) is 11.5 Å². The lowest BCUT2D eigenvalue weighted by atomic mass is 10.5. The summed E-state index contributed by atoms with van der Waals surface area (Å²) in [5.41, 5.74) is 8.65. The molecule has 20 heavy (non-hydrogen) atoms. The minimum absolute atomic E-state index is 0.552. The summed E-state index contributed by atoms with van der Waals surface area (Å²) in [5.74, 6) is 9.08. The van der Waals surface area contributed by atoms with Crippen molar-refractivity contribution in [2.24, 2.45) is 5.84 Å². The van der Waals surface area contributed by atoms with Gasteiger partial charge in [-0.05, 0) is 16.6 Å². The van der Waals surface area contributed by atoms with Crippen molar-refractivity contribution in [3.63, 3.8) is 0 Å². The van der Waals surface area contributed by atoms with Crippen molar-refractivity contribution in [2.75, 3.05) is 5.43 Å². The number of hydrogen-bond acceptors (Lipinski definition) is 4. The molecule has 4 nitrogen and oxygen atoms in total. The van der Waals surface area contributed by atoms with Crippen molar-refractivity contribution in [3.05, 3.63) is 18.1 Å². The average Bonchev–Trinajstić information content (AvgIpc) is 2.38. The maximum Gasteiger partial charge on any atom is 0.158 e. The summed E-state index contributed by atoms with van der Waals surface area (Å²) in [6.07, 6.45) is 3.27. The number of hydrazine groups is 1. The molecule has 1 heterocycles. The minimum Gasteiger partial charge on any atom is -0.307 e. The van der Waals surface area contributed by atoms with E-state index >= 15 is 0 Å². The van der Waals surface area contributed by atoms with Crippen molar-refractivity contribution >= 4 is 13.9 Å². The van der Waals surface area contributed by atoms with Crippen molar-refractivity contribution in [2.45, 2.75) is 58.2 Å². The fourth-order valence-corrected chi connectivity index (χ4v) is 8.28.